The van der Waals surface area contributed by atoms with Crippen LogP contribution in [0.1, 0.15) is 39.7 Å². The lowest BCUT2D eigenvalue weighted by atomic mass is 10.1. The molecule has 0 saturated carbocycles. The summed E-state index contributed by atoms with van der Waals surface area (Å²) in [5.41, 5.74) is 2.55. The van der Waals surface area contributed by atoms with E-state index in [-0.39, 0.29) is 0 Å². The van der Waals surface area contributed by atoms with Crippen LogP contribution in [0.4, 0.5) is 5.69 Å². The number of rotatable bonds is 3. The quantitative estimate of drug-likeness (QED) is 0.809. The van der Waals surface area contributed by atoms with Crippen LogP contribution in [0.3, 0.4) is 0 Å². The highest BCUT2D eigenvalue weighted by atomic mass is 32.2. The van der Waals surface area contributed by atoms with Crippen molar-refractivity contribution < 1.29 is 0 Å². The SMILES string of the molecule is CC.Cc1cc2c(cc1SN)SNC(CC(C)C)N2C. The Morgan fingerprint density at radius 1 is 1.40 bits per heavy atom. The van der Waals surface area contributed by atoms with Crippen LogP contribution in [-0.2, 0) is 0 Å². The molecule has 0 amide bonds. The van der Waals surface area contributed by atoms with Crippen LogP contribution < -0.4 is 14.8 Å². The number of benzene rings is 1. The lowest BCUT2D eigenvalue weighted by Gasteiger charge is -2.37. The molecule has 0 aliphatic carbocycles. The zero-order valence-electron chi connectivity index (χ0n) is 13.4. The minimum Gasteiger partial charge on any atom is -0.357 e. The number of nitrogens with one attached hydrogen (secondary N) is 1. The summed E-state index contributed by atoms with van der Waals surface area (Å²) in [6, 6.07) is 4.42. The molecule has 114 valence electrons. The van der Waals surface area contributed by atoms with E-state index in [2.05, 4.69) is 49.6 Å². The molecular weight excluding hydrogens is 286 g/mol. The van der Waals surface area contributed by atoms with Crippen LogP contribution in [0.25, 0.3) is 0 Å². The van der Waals surface area contributed by atoms with E-state index in [0.717, 1.165) is 11.3 Å². The molecule has 0 fully saturated rings. The minimum atomic E-state index is 0.401. The summed E-state index contributed by atoms with van der Waals surface area (Å²) < 4.78 is 3.52. The third-order valence-electron chi connectivity index (χ3n) is 3.23. The first-order chi connectivity index (χ1) is 9.52. The number of nitrogens with two attached hydrogens (primary N) is 1. The second-order valence-electron chi connectivity index (χ2n) is 5.18. The smallest absolute Gasteiger partial charge is 0.0888 e. The Morgan fingerprint density at radius 3 is 2.60 bits per heavy atom. The van der Waals surface area contributed by atoms with E-state index in [9.17, 15) is 0 Å². The molecule has 1 aliphatic heterocycles. The molecule has 3 N–H and O–H groups in total. The summed E-state index contributed by atoms with van der Waals surface area (Å²) in [4.78, 5) is 4.75. The maximum absolute atomic E-state index is 5.69. The van der Waals surface area contributed by atoms with Crippen molar-refractivity contribution in [3.63, 3.8) is 0 Å². The number of fused-ring (bicyclic) bond motifs is 1. The highest BCUT2D eigenvalue weighted by Gasteiger charge is 2.25. The van der Waals surface area contributed by atoms with Gasteiger partial charge in [-0.15, -0.1) is 0 Å². The predicted molar refractivity (Wildman–Crippen MR) is 93.2 cm³/mol. The first-order valence-electron chi connectivity index (χ1n) is 7.19. The zero-order valence-corrected chi connectivity index (χ0v) is 15.0. The Kier molecular flexibility index (Phi) is 7.23. The van der Waals surface area contributed by atoms with Crippen LogP contribution in [0.5, 0.6) is 0 Å². The fourth-order valence-corrected chi connectivity index (χ4v) is 3.68. The Bertz CT molecular complexity index is 435. The van der Waals surface area contributed by atoms with Crippen LogP contribution in [0, 0.1) is 12.8 Å². The second-order valence-corrected chi connectivity index (χ2v) is 6.73. The number of anilines is 1. The second kappa shape index (κ2) is 8.17. The summed E-state index contributed by atoms with van der Waals surface area (Å²) >= 11 is 3.04. The first kappa shape index (κ1) is 17.7. The summed E-state index contributed by atoms with van der Waals surface area (Å²) in [5, 5.41) is 5.69. The topological polar surface area (TPSA) is 41.3 Å². The van der Waals surface area contributed by atoms with E-state index in [1.807, 2.05) is 13.8 Å². The van der Waals surface area contributed by atoms with Gasteiger partial charge >= 0.3 is 0 Å². The van der Waals surface area contributed by atoms with Crippen molar-refractivity contribution in [2.24, 2.45) is 11.1 Å². The normalized spacial score (nSPS) is 17.6. The Balaban J connectivity index is 0.000000956. The molecule has 1 aliphatic rings. The molecule has 1 aromatic carbocycles. The van der Waals surface area contributed by atoms with Gasteiger partial charge in [0.1, 0.15) is 0 Å². The van der Waals surface area contributed by atoms with E-state index in [0.29, 0.717) is 12.1 Å². The van der Waals surface area contributed by atoms with E-state index < -0.39 is 0 Å². The summed E-state index contributed by atoms with van der Waals surface area (Å²) in [6.07, 6.45) is 1.55. The number of hydrogen-bond acceptors (Lipinski definition) is 5. The predicted octanol–water partition coefficient (Wildman–Crippen LogP) is 4.41. The fourth-order valence-electron chi connectivity index (χ4n) is 2.17. The minimum absolute atomic E-state index is 0.401. The monoisotopic (exact) mass is 313 g/mol. The molecule has 1 unspecified atom stereocenters. The fraction of sp³-hybridized carbons (Fsp3) is 0.600. The first-order valence-corrected chi connectivity index (χ1v) is 8.89. The van der Waals surface area contributed by atoms with Crippen molar-refractivity contribution in [1.29, 1.82) is 0 Å². The maximum Gasteiger partial charge on any atom is 0.0888 e. The van der Waals surface area contributed by atoms with Crippen molar-refractivity contribution in [3.8, 4) is 0 Å². The van der Waals surface area contributed by atoms with Gasteiger partial charge in [0, 0.05) is 16.8 Å². The molecule has 0 radical (unpaired) electrons. The Morgan fingerprint density at radius 2 is 2.05 bits per heavy atom. The van der Waals surface area contributed by atoms with Gasteiger partial charge in [0.05, 0.1) is 11.9 Å². The van der Waals surface area contributed by atoms with Crippen LogP contribution >= 0.6 is 23.9 Å². The molecule has 2 rings (SSSR count). The van der Waals surface area contributed by atoms with Gasteiger partial charge in [0.2, 0.25) is 0 Å². The van der Waals surface area contributed by atoms with Gasteiger partial charge in [0.25, 0.3) is 0 Å². The van der Waals surface area contributed by atoms with E-state index >= 15 is 0 Å². The van der Waals surface area contributed by atoms with E-state index in [1.54, 1.807) is 11.9 Å². The van der Waals surface area contributed by atoms with Gasteiger partial charge in [-0.3, -0.25) is 5.14 Å². The average Bonchev–Trinajstić information content (AvgIpc) is 2.44. The molecule has 0 bridgehead atoms. The third kappa shape index (κ3) is 4.07. The highest BCUT2D eigenvalue weighted by Crippen LogP contribution is 2.38. The standard InChI is InChI=1S/C13H21N3S2.C2H6/c1-8(2)5-13-15-18-12-7-11(17-14)9(3)6-10(12)16(13)4;1-2/h6-8,13,15H,5,14H2,1-4H3;1-2H3. The lowest BCUT2D eigenvalue weighted by Crippen LogP contribution is -2.44. The molecule has 5 heteroatoms. The summed E-state index contributed by atoms with van der Waals surface area (Å²) in [5.74, 6) is 0.687. The van der Waals surface area contributed by atoms with Gasteiger partial charge in [-0.1, -0.05) is 27.7 Å². The molecule has 3 nitrogen and oxygen atoms in total. The van der Waals surface area contributed by atoms with Gasteiger partial charge in [-0.05, 0) is 60.9 Å². The number of hydrogen-bond donors (Lipinski definition) is 2. The largest absolute Gasteiger partial charge is 0.357 e. The van der Waals surface area contributed by atoms with Crippen molar-refractivity contribution in [2.45, 2.75) is 57.0 Å². The Hall–Kier alpha value is -0.360. The molecule has 1 heterocycles. The third-order valence-corrected chi connectivity index (χ3v) is 4.86. The van der Waals surface area contributed by atoms with Crippen LogP contribution in [0.15, 0.2) is 21.9 Å². The van der Waals surface area contributed by atoms with Crippen molar-refractivity contribution in [3.05, 3.63) is 17.7 Å². The Labute approximate surface area is 132 Å². The summed E-state index contributed by atoms with van der Waals surface area (Å²) in [6.45, 7) is 10.6. The molecule has 1 atom stereocenters. The zero-order chi connectivity index (χ0) is 15.3. The van der Waals surface area contributed by atoms with Crippen LogP contribution in [-0.4, -0.2) is 13.2 Å². The molecule has 0 saturated heterocycles. The van der Waals surface area contributed by atoms with E-state index in [4.69, 9.17) is 5.14 Å². The van der Waals surface area contributed by atoms with E-state index in [1.165, 1.54) is 28.1 Å². The average molecular weight is 314 g/mol. The molecule has 0 spiro atoms. The molecule has 20 heavy (non-hydrogen) atoms. The van der Waals surface area contributed by atoms with Gasteiger partial charge in [-0.2, -0.15) is 0 Å². The summed E-state index contributed by atoms with van der Waals surface area (Å²) in [7, 11) is 2.16. The maximum atomic E-state index is 5.69. The number of nitrogens with zero attached hydrogens (tertiary/aromatic N) is 1. The molecular formula is C15H27N3S2. The lowest BCUT2D eigenvalue weighted by molar-refractivity contribution is 0.465. The van der Waals surface area contributed by atoms with Gasteiger partial charge < -0.3 is 4.90 Å². The van der Waals surface area contributed by atoms with Gasteiger partial charge in [-0.25, -0.2) is 4.72 Å². The molecule has 0 aromatic heterocycles. The number of aryl methyl sites for hydroxylation is 1. The van der Waals surface area contributed by atoms with Gasteiger partial charge in [0.15, 0.2) is 0 Å². The molecule has 1 aromatic rings. The van der Waals surface area contributed by atoms with Crippen LogP contribution in [0.2, 0.25) is 0 Å². The highest BCUT2D eigenvalue weighted by molar-refractivity contribution is 7.98. The van der Waals surface area contributed by atoms with Crippen molar-refractivity contribution in [2.75, 3.05) is 11.9 Å². The van der Waals surface area contributed by atoms with Crippen molar-refractivity contribution >= 4 is 29.6 Å². The van der Waals surface area contributed by atoms with Crippen molar-refractivity contribution in [1.82, 2.24) is 4.72 Å².